The van der Waals surface area contributed by atoms with Crippen molar-refractivity contribution in [2.75, 3.05) is 30.0 Å². The Hall–Kier alpha value is -4.92. The van der Waals surface area contributed by atoms with Crippen LogP contribution in [0.5, 0.6) is 11.5 Å². The molecule has 0 saturated carbocycles. The van der Waals surface area contributed by atoms with Crippen molar-refractivity contribution in [2.45, 2.75) is 18.8 Å². The minimum atomic E-state index is -1.35. The number of hydrogen-bond acceptors (Lipinski definition) is 8. The molecule has 0 saturated heterocycles. The number of aromatic amines is 1. The topological polar surface area (TPSA) is 140 Å². The van der Waals surface area contributed by atoms with E-state index >= 15 is 0 Å². The Morgan fingerprint density at radius 2 is 1.97 bits per heavy atom. The predicted octanol–water partition coefficient (Wildman–Crippen LogP) is 1.23. The van der Waals surface area contributed by atoms with Crippen LogP contribution < -0.4 is 19.7 Å². The molecule has 12 heteroatoms. The van der Waals surface area contributed by atoms with Gasteiger partial charge in [-0.25, -0.2) is 15.0 Å². The van der Waals surface area contributed by atoms with Crippen LogP contribution in [0.3, 0.4) is 0 Å². The predicted molar refractivity (Wildman–Crippen MR) is 126 cm³/mol. The first kappa shape index (κ1) is 20.5. The number of nitrogens with zero attached hydrogens (tertiary/aromatic N) is 6. The SMILES string of the molecule is C#CCN1C(=O)[C@]2(CC(=O)Nc3c2c(C)nn3-c2ncnc3nc[nH]c23)c2cc3c(cc21)OCCO3. The minimum Gasteiger partial charge on any atom is -0.486 e. The number of carbonyl (C=O) groups excluding carboxylic acids is 2. The molecular formula is C24H18N8O4. The first-order valence-electron chi connectivity index (χ1n) is 11.3. The number of fused-ring (bicyclic) bond motifs is 6. The quantitative estimate of drug-likeness (QED) is 0.407. The number of anilines is 2. The first-order valence-corrected chi connectivity index (χ1v) is 11.3. The molecule has 3 aliphatic heterocycles. The molecular weight excluding hydrogens is 464 g/mol. The smallest absolute Gasteiger partial charge is 0.243 e. The Morgan fingerprint density at radius 1 is 1.17 bits per heavy atom. The fraction of sp³-hybridized carbons (Fsp3) is 0.250. The van der Waals surface area contributed by atoms with Crippen LogP contribution in [0, 0.1) is 19.3 Å². The zero-order valence-electron chi connectivity index (χ0n) is 19.0. The minimum absolute atomic E-state index is 0.0397. The summed E-state index contributed by atoms with van der Waals surface area (Å²) in [5, 5.41) is 7.62. The van der Waals surface area contributed by atoms with Crippen LogP contribution in [0.2, 0.25) is 0 Å². The summed E-state index contributed by atoms with van der Waals surface area (Å²) >= 11 is 0. The fourth-order valence-corrected chi connectivity index (χ4v) is 5.48. The van der Waals surface area contributed by atoms with Gasteiger partial charge in [0.05, 0.1) is 24.3 Å². The number of aromatic nitrogens is 6. The second kappa shape index (κ2) is 7.05. The third kappa shape index (κ3) is 2.48. The molecule has 4 aromatic rings. The number of hydrogen-bond donors (Lipinski definition) is 2. The Kier molecular flexibility index (Phi) is 4.00. The average molecular weight is 482 g/mol. The largest absolute Gasteiger partial charge is 0.486 e. The lowest BCUT2D eigenvalue weighted by Gasteiger charge is -2.33. The third-order valence-electron chi connectivity index (χ3n) is 6.85. The van der Waals surface area contributed by atoms with Crippen LogP contribution in [0.25, 0.3) is 17.0 Å². The summed E-state index contributed by atoms with van der Waals surface area (Å²) in [6.45, 7) is 2.63. The van der Waals surface area contributed by atoms with Gasteiger partial charge < -0.3 is 19.8 Å². The Balaban J connectivity index is 1.52. The van der Waals surface area contributed by atoms with E-state index < -0.39 is 5.41 Å². The molecule has 7 rings (SSSR count). The summed E-state index contributed by atoms with van der Waals surface area (Å²) in [5.74, 6) is 3.73. The summed E-state index contributed by atoms with van der Waals surface area (Å²) in [6.07, 6.45) is 8.41. The Labute approximate surface area is 203 Å². The van der Waals surface area contributed by atoms with Gasteiger partial charge in [0.25, 0.3) is 0 Å². The molecule has 2 N–H and O–H groups in total. The Bertz CT molecular complexity index is 1660. The van der Waals surface area contributed by atoms with Gasteiger partial charge in [0.15, 0.2) is 23.0 Å². The standard InChI is InChI=1S/C24H18N8O4/c1-3-4-31-14-8-16-15(35-5-6-36-16)7-13(14)24(23(31)34)9-17(33)29-21-18(24)12(2)30-32(21)22-19-20(26-10-25-19)27-11-28-22/h1,7-8,10-11H,4-6,9H2,2H3,(H,29,33)(H,25,26,27,28)/t24-/m1/s1. The van der Waals surface area contributed by atoms with Crippen LogP contribution in [0.1, 0.15) is 23.2 Å². The van der Waals surface area contributed by atoms with E-state index in [4.69, 9.17) is 21.0 Å². The fourth-order valence-electron chi connectivity index (χ4n) is 5.48. The van der Waals surface area contributed by atoms with Crippen LogP contribution in [0.4, 0.5) is 11.5 Å². The van der Waals surface area contributed by atoms with E-state index in [-0.39, 0.29) is 24.8 Å². The third-order valence-corrected chi connectivity index (χ3v) is 6.85. The summed E-state index contributed by atoms with van der Waals surface area (Å²) in [6, 6.07) is 3.55. The number of amides is 2. The second-order valence-electron chi connectivity index (χ2n) is 8.76. The molecule has 3 aliphatic rings. The molecule has 6 heterocycles. The maximum atomic E-state index is 14.2. The number of terminal acetylenes is 1. The second-order valence-corrected chi connectivity index (χ2v) is 8.76. The van der Waals surface area contributed by atoms with Crippen molar-refractivity contribution in [1.82, 2.24) is 29.7 Å². The van der Waals surface area contributed by atoms with Gasteiger partial charge in [-0.05, 0) is 13.0 Å². The van der Waals surface area contributed by atoms with Gasteiger partial charge in [-0.2, -0.15) is 9.78 Å². The molecule has 12 nitrogen and oxygen atoms in total. The highest BCUT2D eigenvalue weighted by Gasteiger charge is 2.58. The first-order chi connectivity index (χ1) is 17.5. The Morgan fingerprint density at radius 3 is 2.78 bits per heavy atom. The van der Waals surface area contributed by atoms with E-state index in [0.29, 0.717) is 70.0 Å². The van der Waals surface area contributed by atoms with E-state index in [0.717, 1.165) is 0 Å². The molecule has 0 fully saturated rings. The van der Waals surface area contributed by atoms with Crippen LogP contribution in [-0.4, -0.2) is 61.3 Å². The van der Waals surface area contributed by atoms with E-state index in [2.05, 4.69) is 31.2 Å². The van der Waals surface area contributed by atoms with Gasteiger partial charge in [0.1, 0.15) is 36.3 Å². The molecule has 3 aromatic heterocycles. The van der Waals surface area contributed by atoms with E-state index in [1.165, 1.54) is 22.2 Å². The molecule has 1 atom stereocenters. The van der Waals surface area contributed by atoms with E-state index in [1.54, 1.807) is 19.1 Å². The monoisotopic (exact) mass is 482 g/mol. The molecule has 178 valence electrons. The highest BCUT2D eigenvalue weighted by molar-refractivity contribution is 6.16. The highest BCUT2D eigenvalue weighted by Crippen LogP contribution is 2.56. The summed E-state index contributed by atoms with van der Waals surface area (Å²) in [5.41, 5.74) is 2.01. The summed E-state index contributed by atoms with van der Waals surface area (Å²) in [7, 11) is 0. The van der Waals surface area contributed by atoms with Crippen molar-refractivity contribution in [1.29, 1.82) is 0 Å². The lowest BCUT2D eigenvalue weighted by molar-refractivity contribution is -0.126. The number of H-pyrrole nitrogens is 1. The lowest BCUT2D eigenvalue weighted by atomic mass is 9.70. The highest BCUT2D eigenvalue weighted by atomic mass is 16.6. The number of nitrogens with one attached hydrogen (secondary N) is 2. The number of rotatable bonds is 2. The van der Waals surface area contributed by atoms with Crippen molar-refractivity contribution < 1.29 is 19.1 Å². The molecule has 0 radical (unpaired) electrons. The summed E-state index contributed by atoms with van der Waals surface area (Å²) < 4.78 is 13.1. The van der Waals surface area contributed by atoms with Crippen molar-refractivity contribution in [3.63, 3.8) is 0 Å². The van der Waals surface area contributed by atoms with Crippen molar-refractivity contribution in [3.8, 4) is 29.7 Å². The number of ether oxygens (including phenoxy) is 2. The zero-order chi connectivity index (χ0) is 24.6. The maximum Gasteiger partial charge on any atom is 0.243 e. The van der Waals surface area contributed by atoms with Crippen molar-refractivity contribution in [2.24, 2.45) is 0 Å². The van der Waals surface area contributed by atoms with Crippen LogP contribution in [0.15, 0.2) is 24.8 Å². The molecule has 1 aromatic carbocycles. The summed E-state index contributed by atoms with van der Waals surface area (Å²) in [4.78, 5) is 44.7. The van der Waals surface area contributed by atoms with Gasteiger partial charge in [0.2, 0.25) is 11.8 Å². The van der Waals surface area contributed by atoms with Gasteiger partial charge in [-0.1, -0.05) is 5.92 Å². The number of benzene rings is 1. The van der Waals surface area contributed by atoms with Gasteiger partial charge in [-0.3, -0.25) is 14.5 Å². The number of carbonyl (C=O) groups is 2. The van der Waals surface area contributed by atoms with Gasteiger partial charge >= 0.3 is 0 Å². The van der Waals surface area contributed by atoms with E-state index in [1.807, 2.05) is 0 Å². The van der Waals surface area contributed by atoms with Crippen molar-refractivity contribution >= 4 is 34.5 Å². The van der Waals surface area contributed by atoms with Gasteiger partial charge in [0, 0.05) is 23.6 Å². The molecule has 2 amide bonds. The molecule has 0 unspecified atom stereocenters. The van der Waals surface area contributed by atoms with Gasteiger partial charge in [-0.15, -0.1) is 6.42 Å². The number of aryl methyl sites for hydroxylation is 1. The zero-order valence-corrected chi connectivity index (χ0v) is 19.0. The normalized spacial score (nSPS) is 19.8. The lowest BCUT2D eigenvalue weighted by Crippen LogP contribution is -2.47. The van der Waals surface area contributed by atoms with E-state index in [9.17, 15) is 9.59 Å². The average Bonchev–Trinajstić information content (AvgIpc) is 3.54. The molecule has 0 aliphatic carbocycles. The molecule has 1 spiro atoms. The van der Waals surface area contributed by atoms with Crippen LogP contribution >= 0.6 is 0 Å². The maximum absolute atomic E-state index is 14.2. The van der Waals surface area contributed by atoms with Crippen LogP contribution in [-0.2, 0) is 15.0 Å². The number of imidazole rings is 1. The van der Waals surface area contributed by atoms with Crippen molar-refractivity contribution in [3.05, 3.63) is 41.6 Å². The molecule has 0 bridgehead atoms. The molecule has 36 heavy (non-hydrogen) atoms.